The van der Waals surface area contributed by atoms with E-state index < -0.39 is 5.25 Å². The van der Waals surface area contributed by atoms with Gasteiger partial charge in [0.1, 0.15) is 16.7 Å². The van der Waals surface area contributed by atoms with E-state index in [2.05, 4.69) is 10.6 Å². The van der Waals surface area contributed by atoms with Crippen LogP contribution >= 0.6 is 23.4 Å². The number of halogens is 1. The van der Waals surface area contributed by atoms with Gasteiger partial charge in [0.15, 0.2) is 0 Å². The van der Waals surface area contributed by atoms with Crippen LogP contribution in [0.15, 0.2) is 102 Å². The van der Waals surface area contributed by atoms with Gasteiger partial charge in [0.2, 0.25) is 5.91 Å². The van der Waals surface area contributed by atoms with Crippen molar-refractivity contribution in [3.63, 3.8) is 0 Å². The first kappa shape index (κ1) is 26.1. The quantitative estimate of drug-likeness (QED) is 0.225. The number of ether oxygens (including phenoxy) is 2. The molecule has 0 aliphatic carbocycles. The van der Waals surface area contributed by atoms with E-state index >= 15 is 0 Å². The summed E-state index contributed by atoms with van der Waals surface area (Å²) in [7, 11) is 3.11. The van der Waals surface area contributed by atoms with Gasteiger partial charge in [0.25, 0.3) is 5.91 Å². The topological polar surface area (TPSA) is 76.7 Å². The van der Waals surface area contributed by atoms with E-state index in [9.17, 15) is 9.59 Å². The summed E-state index contributed by atoms with van der Waals surface area (Å²) in [5, 5.41) is 5.80. The zero-order chi connectivity index (χ0) is 26.2. The highest BCUT2D eigenvalue weighted by Crippen LogP contribution is 2.38. The summed E-state index contributed by atoms with van der Waals surface area (Å²) in [5.41, 5.74) is 2.45. The Morgan fingerprint density at radius 1 is 0.811 bits per heavy atom. The first-order valence-electron chi connectivity index (χ1n) is 11.4. The number of anilines is 2. The summed E-state index contributed by atoms with van der Waals surface area (Å²) in [4.78, 5) is 27.0. The minimum atomic E-state index is -0.563. The van der Waals surface area contributed by atoms with Gasteiger partial charge in [-0.05, 0) is 54.1 Å². The predicted molar refractivity (Wildman–Crippen MR) is 149 cm³/mol. The highest BCUT2D eigenvalue weighted by atomic mass is 35.5. The molecule has 0 fully saturated rings. The first-order chi connectivity index (χ1) is 18.0. The van der Waals surface area contributed by atoms with Crippen molar-refractivity contribution in [3.8, 4) is 11.5 Å². The molecule has 37 heavy (non-hydrogen) atoms. The zero-order valence-corrected chi connectivity index (χ0v) is 21.8. The Morgan fingerprint density at radius 3 is 2.32 bits per heavy atom. The van der Waals surface area contributed by atoms with Crippen LogP contribution in [0.1, 0.15) is 21.2 Å². The summed E-state index contributed by atoms with van der Waals surface area (Å²) in [6.07, 6.45) is 0. The SMILES string of the molecule is COc1ccc(NC(=O)C(Sc2cccc(NC(=O)c3cccc(Cl)c3)c2)c2ccccc2)c(OC)c1. The lowest BCUT2D eigenvalue weighted by atomic mass is 10.1. The lowest BCUT2D eigenvalue weighted by Gasteiger charge is -2.19. The van der Waals surface area contributed by atoms with E-state index in [1.165, 1.54) is 18.9 Å². The lowest BCUT2D eigenvalue weighted by Crippen LogP contribution is -2.19. The van der Waals surface area contributed by atoms with E-state index in [4.69, 9.17) is 21.1 Å². The molecule has 4 aromatic rings. The average molecular weight is 533 g/mol. The van der Waals surface area contributed by atoms with Crippen molar-refractivity contribution in [1.82, 2.24) is 0 Å². The van der Waals surface area contributed by atoms with Gasteiger partial charge < -0.3 is 20.1 Å². The summed E-state index contributed by atoms with van der Waals surface area (Å²) < 4.78 is 10.7. The Morgan fingerprint density at radius 2 is 1.59 bits per heavy atom. The highest BCUT2D eigenvalue weighted by molar-refractivity contribution is 8.00. The summed E-state index contributed by atoms with van der Waals surface area (Å²) >= 11 is 7.40. The van der Waals surface area contributed by atoms with Crippen LogP contribution in [-0.4, -0.2) is 26.0 Å². The molecule has 0 aromatic heterocycles. The Bertz CT molecular complexity index is 1400. The van der Waals surface area contributed by atoms with Crippen LogP contribution in [0.2, 0.25) is 5.02 Å². The molecule has 0 bridgehead atoms. The molecule has 1 atom stereocenters. The van der Waals surface area contributed by atoms with Crippen molar-refractivity contribution in [1.29, 1.82) is 0 Å². The maximum Gasteiger partial charge on any atom is 0.255 e. The molecule has 0 radical (unpaired) electrons. The van der Waals surface area contributed by atoms with Crippen molar-refractivity contribution in [2.75, 3.05) is 24.9 Å². The fraction of sp³-hybridized carbons (Fsp3) is 0.103. The molecule has 0 spiro atoms. The molecular formula is C29H25ClN2O4S. The number of methoxy groups -OCH3 is 2. The summed E-state index contributed by atoms with van der Waals surface area (Å²) in [5.74, 6) is 0.636. The molecule has 0 aliphatic heterocycles. The number of carbonyl (C=O) groups is 2. The van der Waals surface area contributed by atoms with E-state index in [1.54, 1.807) is 55.6 Å². The molecule has 4 aromatic carbocycles. The first-order valence-corrected chi connectivity index (χ1v) is 12.6. The third-order valence-corrected chi connectivity index (χ3v) is 6.92. The largest absolute Gasteiger partial charge is 0.497 e. The Balaban J connectivity index is 1.56. The molecule has 8 heteroatoms. The molecule has 0 aliphatic rings. The number of carbonyl (C=O) groups excluding carboxylic acids is 2. The molecule has 0 heterocycles. The number of rotatable bonds is 9. The number of hydrogen-bond acceptors (Lipinski definition) is 5. The minimum Gasteiger partial charge on any atom is -0.497 e. The Hall–Kier alpha value is -3.94. The Kier molecular flexibility index (Phi) is 8.72. The molecule has 6 nitrogen and oxygen atoms in total. The molecular weight excluding hydrogens is 508 g/mol. The lowest BCUT2D eigenvalue weighted by molar-refractivity contribution is -0.115. The van der Waals surface area contributed by atoms with Crippen LogP contribution in [0.4, 0.5) is 11.4 Å². The summed E-state index contributed by atoms with van der Waals surface area (Å²) in [6, 6.07) is 28.9. The van der Waals surface area contributed by atoms with Crippen molar-refractivity contribution in [2.45, 2.75) is 10.1 Å². The number of nitrogens with one attached hydrogen (secondary N) is 2. The van der Waals surface area contributed by atoms with Crippen molar-refractivity contribution >= 4 is 46.6 Å². The molecule has 4 rings (SSSR count). The van der Waals surface area contributed by atoms with Gasteiger partial charge in [-0.3, -0.25) is 9.59 Å². The van der Waals surface area contributed by atoms with Crippen molar-refractivity contribution < 1.29 is 19.1 Å². The maximum absolute atomic E-state index is 13.5. The second kappa shape index (κ2) is 12.3. The van der Waals surface area contributed by atoms with Crippen LogP contribution < -0.4 is 20.1 Å². The number of thioether (sulfide) groups is 1. The van der Waals surface area contributed by atoms with Gasteiger partial charge >= 0.3 is 0 Å². The van der Waals surface area contributed by atoms with Crippen LogP contribution in [0.3, 0.4) is 0 Å². The van der Waals surface area contributed by atoms with E-state index in [0.717, 1.165) is 10.5 Å². The van der Waals surface area contributed by atoms with Gasteiger partial charge in [-0.15, -0.1) is 11.8 Å². The fourth-order valence-corrected chi connectivity index (χ4v) is 4.89. The van der Waals surface area contributed by atoms with Gasteiger partial charge in [-0.2, -0.15) is 0 Å². The fourth-order valence-electron chi connectivity index (χ4n) is 3.62. The highest BCUT2D eigenvalue weighted by Gasteiger charge is 2.23. The van der Waals surface area contributed by atoms with Crippen LogP contribution in [0.5, 0.6) is 11.5 Å². The standard InChI is InChI=1S/C29H25ClN2O4S/c1-35-23-14-15-25(26(18-23)36-2)32-29(34)27(19-8-4-3-5-9-19)37-24-13-7-12-22(17-24)31-28(33)20-10-6-11-21(30)16-20/h3-18,27H,1-2H3,(H,31,33)(H,32,34). The maximum atomic E-state index is 13.5. The monoisotopic (exact) mass is 532 g/mol. The van der Waals surface area contributed by atoms with Crippen LogP contribution in [-0.2, 0) is 4.79 Å². The molecule has 0 saturated carbocycles. The second-order valence-corrected chi connectivity index (χ2v) is 9.57. The van der Waals surface area contributed by atoms with E-state index in [1.807, 2.05) is 48.5 Å². The second-order valence-electron chi connectivity index (χ2n) is 7.96. The zero-order valence-electron chi connectivity index (χ0n) is 20.2. The van der Waals surface area contributed by atoms with Crippen molar-refractivity contribution in [3.05, 3.63) is 113 Å². The number of hydrogen-bond donors (Lipinski definition) is 2. The smallest absolute Gasteiger partial charge is 0.255 e. The number of benzene rings is 4. The molecule has 188 valence electrons. The molecule has 2 amide bonds. The predicted octanol–water partition coefficient (Wildman–Crippen LogP) is 7.08. The molecule has 0 saturated heterocycles. The average Bonchev–Trinajstić information content (AvgIpc) is 2.92. The number of amides is 2. The van der Waals surface area contributed by atoms with Crippen LogP contribution in [0.25, 0.3) is 0 Å². The normalized spacial score (nSPS) is 11.3. The van der Waals surface area contributed by atoms with Crippen molar-refractivity contribution in [2.24, 2.45) is 0 Å². The Labute approximate surface area is 225 Å². The molecule has 2 N–H and O–H groups in total. The van der Waals surface area contributed by atoms with E-state index in [0.29, 0.717) is 33.5 Å². The van der Waals surface area contributed by atoms with Gasteiger partial charge in [-0.1, -0.05) is 54.1 Å². The minimum absolute atomic E-state index is 0.215. The third-order valence-electron chi connectivity index (χ3n) is 5.44. The van der Waals surface area contributed by atoms with Gasteiger partial charge in [-0.25, -0.2) is 0 Å². The van der Waals surface area contributed by atoms with Crippen LogP contribution in [0, 0.1) is 0 Å². The van der Waals surface area contributed by atoms with Gasteiger partial charge in [0.05, 0.1) is 19.9 Å². The van der Waals surface area contributed by atoms with E-state index in [-0.39, 0.29) is 11.8 Å². The molecule has 1 unspecified atom stereocenters. The summed E-state index contributed by atoms with van der Waals surface area (Å²) in [6.45, 7) is 0. The third kappa shape index (κ3) is 6.84. The van der Waals surface area contributed by atoms with Gasteiger partial charge in [0, 0.05) is 27.2 Å².